The maximum absolute atomic E-state index is 13.0. The van der Waals surface area contributed by atoms with Crippen LogP contribution in [0.4, 0.5) is 5.69 Å². The Bertz CT molecular complexity index is 982. The SMILES string of the molecule is COCCOc1cc([N+](=O)[O-])c(C(=O)NC(CC(=O)OC)c2ccccc2Cl)cc1OC. The van der Waals surface area contributed by atoms with Crippen LogP contribution >= 0.6 is 11.6 Å². The largest absolute Gasteiger partial charge is 0.493 e. The van der Waals surface area contributed by atoms with Crippen molar-refractivity contribution in [2.45, 2.75) is 12.5 Å². The van der Waals surface area contributed by atoms with Gasteiger partial charge in [-0.3, -0.25) is 19.7 Å². The number of amides is 1. The molecule has 11 heteroatoms. The molecule has 32 heavy (non-hydrogen) atoms. The molecule has 0 spiro atoms. The van der Waals surface area contributed by atoms with Crippen LogP contribution < -0.4 is 14.8 Å². The van der Waals surface area contributed by atoms with Gasteiger partial charge in [-0.05, 0) is 11.6 Å². The minimum atomic E-state index is -0.883. The van der Waals surface area contributed by atoms with E-state index >= 15 is 0 Å². The van der Waals surface area contributed by atoms with Crippen molar-refractivity contribution in [2.24, 2.45) is 0 Å². The van der Waals surface area contributed by atoms with E-state index < -0.39 is 28.5 Å². The van der Waals surface area contributed by atoms with E-state index in [9.17, 15) is 19.7 Å². The van der Waals surface area contributed by atoms with E-state index in [2.05, 4.69) is 5.32 Å². The third-order valence-corrected chi connectivity index (χ3v) is 4.80. The predicted molar refractivity (Wildman–Crippen MR) is 115 cm³/mol. The Labute approximate surface area is 189 Å². The number of carbonyl (C=O) groups excluding carboxylic acids is 2. The zero-order valence-corrected chi connectivity index (χ0v) is 18.5. The molecule has 2 aromatic carbocycles. The number of ether oxygens (including phenoxy) is 4. The molecule has 1 unspecified atom stereocenters. The number of nitrogens with zero attached hydrogens (tertiary/aromatic N) is 1. The number of nitrogens with one attached hydrogen (secondary N) is 1. The van der Waals surface area contributed by atoms with E-state index in [0.717, 1.165) is 6.07 Å². The molecule has 0 heterocycles. The first kappa shape index (κ1) is 24.9. The molecule has 172 valence electrons. The molecule has 1 N–H and O–H groups in total. The molecule has 10 nitrogen and oxygen atoms in total. The van der Waals surface area contributed by atoms with Crippen LogP contribution in [0.2, 0.25) is 5.02 Å². The quantitative estimate of drug-likeness (QED) is 0.231. The van der Waals surface area contributed by atoms with Crippen LogP contribution in [0.25, 0.3) is 0 Å². The fourth-order valence-electron chi connectivity index (χ4n) is 2.87. The summed E-state index contributed by atoms with van der Waals surface area (Å²) in [6.07, 6.45) is -0.227. The monoisotopic (exact) mass is 466 g/mol. The van der Waals surface area contributed by atoms with Gasteiger partial charge < -0.3 is 24.3 Å². The van der Waals surface area contributed by atoms with Gasteiger partial charge in [-0.25, -0.2) is 0 Å². The van der Waals surface area contributed by atoms with Gasteiger partial charge in [-0.2, -0.15) is 0 Å². The number of nitro groups is 1. The van der Waals surface area contributed by atoms with Crippen molar-refractivity contribution >= 4 is 29.2 Å². The fourth-order valence-corrected chi connectivity index (χ4v) is 3.14. The third kappa shape index (κ3) is 6.32. The second kappa shape index (κ2) is 11.9. The molecule has 0 radical (unpaired) electrons. The molecule has 0 aliphatic heterocycles. The Balaban J connectivity index is 2.43. The summed E-state index contributed by atoms with van der Waals surface area (Å²) in [6, 6.07) is 8.05. The summed E-state index contributed by atoms with van der Waals surface area (Å²) in [6.45, 7) is 0.384. The molecule has 0 fully saturated rings. The molecule has 1 atom stereocenters. The molecule has 0 saturated heterocycles. The van der Waals surface area contributed by atoms with Gasteiger partial charge in [-0.15, -0.1) is 0 Å². The lowest BCUT2D eigenvalue weighted by molar-refractivity contribution is -0.385. The van der Waals surface area contributed by atoms with Gasteiger partial charge in [0.05, 0.1) is 44.3 Å². The fraction of sp³-hybridized carbons (Fsp3) is 0.333. The van der Waals surface area contributed by atoms with Crippen LogP contribution in [-0.2, 0) is 14.3 Å². The van der Waals surface area contributed by atoms with Crippen LogP contribution in [0.15, 0.2) is 36.4 Å². The van der Waals surface area contributed by atoms with Gasteiger partial charge in [0.2, 0.25) is 0 Å². The zero-order valence-electron chi connectivity index (χ0n) is 17.8. The maximum atomic E-state index is 13.0. The summed E-state index contributed by atoms with van der Waals surface area (Å²) < 4.78 is 20.3. The molecule has 1 amide bonds. The number of hydrogen-bond donors (Lipinski definition) is 1. The van der Waals surface area contributed by atoms with Crippen molar-refractivity contribution < 1.29 is 33.5 Å². The summed E-state index contributed by atoms with van der Waals surface area (Å²) >= 11 is 6.23. The summed E-state index contributed by atoms with van der Waals surface area (Å²) in [4.78, 5) is 35.9. The number of methoxy groups -OCH3 is 3. The molecule has 2 rings (SSSR count). The standard InChI is InChI=1S/C21H23ClN2O8/c1-29-8-9-32-19-12-17(24(27)28)14(10-18(19)30-2)21(26)23-16(11-20(25)31-3)13-6-4-5-7-15(13)22/h4-7,10,12,16H,8-9,11H2,1-3H3,(H,23,26). The highest BCUT2D eigenvalue weighted by atomic mass is 35.5. The van der Waals surface area contributed by atoms with Crippen molar-refractivity contribution in [3.8, 4) is 11.5 Å². The van der Waals surface area contributed by atoms with Gasteiger partial charge in [0.15, 0.2) is 11.5 Å². The van der Waals surface area contributed by atoms with Crippen molar-refractivity contribution in [3.63, 3.8) is 0 Å². The average Bonchev–Trinajstić information content (AvgIpc) is 2.78. The molecule has 0 aliphatic rings. The van der Waals surface area contributed by atoms with Gasteiger partial charge in [0.1, 0.15) is 12.2 Å². The topological polar surface area (TPSA) is 126 Å². The number of benzene rings is 2. The Hall–Kier alpha value is -3.37. The second-order valence-electron chi connectivity index (χ2n) is 6.45. The Morgan fingerprint density at radius 2 is 1.84 bits per heavy atom. The third-order valence-electron chi connectivity index (χ3n) is 4.45. The van der Waals surface area contributed by atoms with Crippen LogP contribution in [0.1, 0.15) is 28.4 Å². The number of rotatable bonds is 11. The van der Waals surface area contributed by atoms with Crippen molar-refractivity contribution in [2.75, 3.05) is 34.5 Å². The van der Waals surface area contributed by atoms with E-state index in [1.165, 1.54) is 27.4 Å². The highest BCUT2D eigenvalue weighted by molar-refractivity contribution is 6.31. The normalized spacial score (nSPS) is 11.4. The summed E-state index contributed by atoms with van der Waals surface area (Å²) in [7, 11) is 4.04. The van der Waals surface area contributed by atoms with Gasteiger partial charge in [0, 0.05) is 18.2 Å². The van der Waals surface area contributed by atoms with E-state index in [4.69, 9.17) is 30.5 Å². The zero-order chi connectivity index (χ0) is 23.7. The van der Waals surface area contributed by atoms with Crippen molar-refractivity contribution in [1.29, 1.82) is 0 Å². The molecular weight excluding hydrogens is 444 g/mol. The number of esters is 1. The Morgan fingerprint density at radius 3 is 2.44 bits per heavy atom. The summed E-state index contributed by atoms with van der Waals surface area (Å²) in [5.41, 5.74) is -0.304. The van der Waals surface area contributed by atoms with Gasteiger partial charge in [0.25, 0.3) is 11.6 Å². The van der Waals surface area contributed by atoms with Crippen molar-refractivity contribution in [3.05, 3.63) is 62.7 Å². The van der Waals surface area contributed by atoms with Crippen LogP contribution in [-0.4, -0.2) is 51.3 Å². The first-order chi connectivity index (χ1) is 15.3. The molecular formula is C21H23ClN2O8. The highest BCUT2D eigenvalue weighted by Crippen LogP contribution is 2.35. The Kier molecular flexibility index (Phi) is 9.23. The van der Waals surface area contributed by atoms with Gasteiger partial charge in [-0.1, -0.05) is 29.8 Å². The molecule has 0 aromatic heterocycles. The van der Waals surface area contributed by atoms with Crippen molar-refractivity contribution in [1.82, 2.24) is 5.32 Å². The second-order valence-corrected chi connectivity index (χ2v) is 6.85. The minimum absolute atomic E-state index is 0.0880. The van der Waals surface area contributed by atoms with Gasteiger partial charge >= 0.3 is 5.97 Å². The van der Waals surface area contributed by atoms with E-state index in [-0.39, 0.29) is 36.7 Å². The number of nitro benzene ring substituents is 1. The average molecular weight is 467 g/mol. The first-order valence-electron chi connectivity index (χ1n) is 9.42. The van der Waals surface area contributed by atoms with E-state index in [0.29, 0.717) is 10.6 Å². The molecule has 2 aromatic rings. The first-order valence-corrected chi connectivity index (χ1v) is 9.80. The van der Waals surface area contributed by atoms with Crippen LogP contribution in [0.3, 0.4) is 0 Å². The lowest BCUT2D eigenvalue weighted by Crippen LogP contribution is -2.31. The predicted octanol–water partition coefficient (Wildman–Crippen LogP) is 3.32. The number of carbonyl (C=O) groups is 2. The molecule has 0 saturated carbocycles. The van der Waals surface area contributed by atoms with E-state index in [1.807, 2.05) is 0 Å². The minimum Gasteiger partial charge on any atom is -0.493 e. The van der Waals surface area contributed by atoms with E-state index in [1.54, 1.807) is 24.3 Å². The molecule has 0 aliphatic carbocycles. The maximum Gasteiger partial charge on any atom is 0.307 e. The summed E-state index contributed by atoms with van der Waals surface area (Å²) in [5, 5.41) is 14.6. The van der Waals surface area contributed by atoms with Crippen LogP contribution in [0, 0.1) is 10.1 Å². The lowest BCUT2D eigenvalue weighted by Gasteiger charge is -2.20. The molecule has 0 bridgehead atoms. The lowest BCUT2D eigenvalue weighted by atomic mass is 10.0. The number of halogens is 1. The Morgan fingerprint density at radius 1 is 1.12 bits per heavy atom. The number of hydrogen-bond acceptors (Lipinski definition) is 8. The smallest absolute Gasteiger partial charge is 0.307 e. The summed E-state index contributed by atoms with van der Waals surface area (Å²) in [5.74, 6) is -1.18. The highest BCUT2D eigenvalue weighted by Gasteiger charge is 2.28. The van der Waals surface area contributed by atoms with Crippen LogP contribution in [0.5, 0.6) is 11.5 Å².